The number of anilines is 3. The van der Waals surface area contributed by atoms with E-state index in [9.17, 15) is 4.79 Å². The Kier molecular flexibility index (Phi) is 4.66. The highest BCUT2D eigenvalue weighted by Crippen LogP contribution is 2.44. The van der Waals surface area contributed by atoms with Crippen molar-refractivity contribution in [2.75, 3.05) is 10.6 Å². The maximum absolute atomic E-state index is 13.3. The number of carbonyl (C=O) groups is 1. The number of amides is 1. The van der Waals surface area contributed by atoms with Gasteiger partial charge in [0.25, 0.3) is 0 Å². The van der Waals surface area contributed by atoms with Gasteiger partial charge in [-0.2, -0.15) is 0 Å². The van der Waals surface area contributed by atoms with Crippen LogP contribution in [0.2, 0.25) is 0 Å². The Morgan fingerprint density at radius 3 is 1.73 bits per heavy atom. The summed E-state index contributed by atoms with van der Waals surface area (Å²) < 4.78 is 5.99. The molecular weight excluding hydrogens is 372 g/mol. The number of benzene rings is 4. The van der Waals surface area contributed by atoms with Gasteiger partial charge in [0.1, 0.15) is 11.5 Å². The quantitative estimate of drug-likeness (QED) is 0.428. The largest absolute Gasteiger partial charge is 0.457 e. The van der Waals surface area contributed by atoms with Crippen molar-refractivity contribution in [3.8, 4) is 11.5 Å². The van der Waals surface area contributed by atoms with Crippen LogP contribution in [0.4, 0.5) is 17.1 Å². The number of ether oxygens (including phenoxy) is 1. The Morgan fingerprint density at radius 2 is 1.10 bits per heavy atom. The van der Waals surface area contributed by atoms with Crippen molar-refractivity contribution >= 4 is 23.0 Å². The monoisotopic (exact) mass is 392 g/mol. The lowest BCUT2D eigenvalue weighted by molar-refractivity contribution is -0.116. The summed E-state index contributed by atoms with van der Waals surface area (Å²) in [5.41, 5.74) is 4.47. The molecule has 0 bridgehead atoms. The number of rotatable bonds is 4. The van der Waals surface area contributed by atoms with Crippen molar-refractivity contribution in [1.82, 2.24) is 0 Å². The minimum Gasteiger partial charge on any atom is -0.457 e. The van der Waals surface area contributed by atoms with E-state index in [1.165, 1.54) is 0 Å². The van der Waals surface area contributed by atoms with Gasteiger partial charge in [0, 0.05) is 28.2 Å². The second kappa shape index (κ2) is 7.76. The molecule has 0 unspecified atom stereocenters. The first kappa shape index (κ1) is 18.0. The first-order valence-electron chi connectivity index (χ1n) is 9.87. The van der Waals surface area contributed by atoms with E-state index < -0.39 is 5.92 Å². The van der Waals surface area contributed by atoms with Gasteiger partial charge in [-0.3, -0.25) is 4.79 Å². The van der Waals surface area contributed by atoms with E-state index in [0.717, 1.165) is 39.7 Å². The van der Waals surface area contributed by atoms with Crippen molar-refractivity contribution in [3.05, 3.63) is 114 Å². The van der Waals surface area contributed by atoms with E-state index in [0.29, 0.717) is 0 Å². The van der Waals surface area contributed by atoms with Crippen LogP contribution in [0.5, 0.6) is 11.5 Å². The zero-order chi connectivity index (χ0) is 20.3. The summed E-state index contributed by atoms with van der Waals surface area (Å²) in [4.78, 5) is 13.3. The molecule has 30 heavy (non-hydrogen) atoms. The smallest absolute Gasteiger partial charge is 0.236 e. The maximum atomic E-state index is 13.3. The van der Waals surface area contributed by atoms with Crippen molar-refractivity contribution in [2.24, 2.45) is 0 Å². The standard InChI is InChI=1S/C26H20N2O2/c29-26(28-20-16-14-19(15-17-20)27-18-8-2-1-3-9-18)25-21-10-4-6-12-23(21)30-24-13-7-5-11-22(24)25/h1-17,25,27H,(H,28,29). The third-order valence-corrected chi connectivity index (χ3v) is 5.16. The Morgan fingerprint density at radius 1 is 0.600 bits per heavy atom. The Hall–Kier alpha value is -4.05. The fourth-order valence-electron chi connectivity index (χ4n) is 3.73. The predicted octanol–water partition coefficient (Wildman–Crippen LogP) is 6.31. The molecule has 4 heteroatoms. The fraction of sp³-hybridized carbons (Fsp3) is 0.0385. The number of hydrogen-bond donors (Lipinski definition) is 2. The van der Waals surface area contributed by atoms with E-state index in [-0.39, 0.29) is 5.91 Å². The molecule has 0 saturated carbocycles. The second-order valence-electron chi connectivity index (χ2n) is 7.17. The van der Waals surface area contributed by atoms with Crippen LogP contribution in [0.15, 0.2) is 103 Å². The molecule has 1 amide bonds. The van der Waals surface area contributed by atoms with Gasteiger partial charge in [0.2, 0.25) is 5.91 Å². The van der Waals surface area contributed by atoms with Gasteiger partial charge in [-0.25, -0.2) is 0 Å². The summed E-state index contributed by atoms with van der Waals surface area (Å²) in [7, 11) is 0. The number of carbonyl (C=O) groups excluding carboxylic acids is 1. The molecule has 1 aliphatic heterocycles. The molecule has 1 aliphatic rings. The predicted molar refractivity (Wildman–Crippen MR) is 120 cm³/mol. The zero-order valence-electron chi connectivity index (χ0n) is 16.2. The molecule has 4 aromatic carbocycles. The van der Waals surface area contributed by atoms with Gasteiger partial charge in [-0.05, 0) is 48.5 Å². The summed E-state index contributed by atoms with van der Waals surface area (Å²) in [6.07, 6.45) is 0. The fourth-order valence-corrected chi connectivity index (χ4v) is 3.73. The summed E-state index contributed by atoms with van der Waals surface area (Å²) in [5, 5.41) is 6.41. The number of nitrogens with one attached hydrogen (secondary N) is 2. The average molecular weight is 392 g/mol. The average Bonchev–Trinajstić information content (AvgIpc) is 2.79. The number of fused-ring (bicyclic) bond motifs is 2. The van der Waals surface area contributed by atoms with Crippen molar-refractivity contribution < 1.29 is 9.53 Å². The van der Waals surface area contributed by atoms with Crippen LogP contribution in [-0.4, -0.2) is 5.91 Å². The lowest BCUT2D eigenvalue weighted by atomic mass is 9.87. The van der Waals surface area contributed by atoms with Gasteiger partial charge in [0.15, 0.2) is 0 Å². The lowest BCUT2D eigenvalue weighted by Crippen LogP contribution is -2.25. The summed E-state index contributed by atoms with van der Waals surface area (Å²) in [6.45, 7) is 0. The number of para-hydroxylation sites is 3. The highest BCUT2D eigenvalue weighted by atomic mass is 16.5. The van der Waals surface area contributed by atoms with E-state index in [4.69, 9.17) is 4.74 Å². The Bertz CT molecular complexity index is 1140. The Labute approximate surface area is 175 Å². The van der Waals surface area contributed by atoms with Crippen molar-refractivity contribution in [1.29, 1.82) is 0 Å². The first-order chi connectivity index (χ1) is 14.8. The van der Waals surface area contributed by atoms with Crippen LogP contribution >= 0.6 is 0 Å². The molecule has 0 radical (unpaired) electrons. The van der Waals surface area contributed by atoms with Crippen molar-refractivity contribution in [2.45, 2.75) is 5.92 Å². The lowest BCUT2D eigenvalue weighted by Gasteiger charge is -2.27. The maximum Gasteiger partial charge on any atom is 0.236 e. The second-order valence-corrected chi connectivity index (χ2v) is 7.17. The molecule has 2 N–H and O–H groups in total. The third kappa shape index (κ3) is 3.51. The summed E-state index contributed by atoms with van der Waals surface area (Å²) >= 11 is 0. The van der Waals surface area contributed by atoms with E-state index in [1.54, 1.807) is 0 Å². The number of hydrogen-bond acceptors (Lipinski definition) is 3. The molecule has 0 spiro atoms. The highest BCUT2D eigenvalue weighted by molar-refractivity contribution is 5.99. The minimum absolute atomic E-state index is 0.0815. The van der Waals surface area contributed by atoms with Gasteiger partial charge in [-0.15, -0.1) is 0 Å². The molecule has 0 atom stereocenters. The molecule has 0 saturated heterocycles. The highest BCUT2D eigenvalue weighted by Gasteiger charge is 2.32. The van der Waals surface area contributed by atoms with Gasteiger partial charge in [0.05, 0.1) is 5.92 Å². The van der Waals surface area contributed by atoms with Crippen LogP contribution in [0.3, 0.4) is 0 Å². The van der Waals surface area contributed by atoms with Crippen LogP contribution in [-0.2, 0) is 4.79 Å². The van der Waals surface area contributed by atoms with Gasteiger partial charge in [-0.1, -0.05) is 54.6 Å². The van der Waals surface area contributed by atoms with E-state index in [1.807, 2.05) is 103 Å². The van der Waals surface area contributed by atoms with Crippen molar-refractivity contribution in [3.63, 3.8) is 0 Å². The normalized spacial score (nSPS) is 12.3. The molecule has 1 heterocycles. The van der Waals surface area contributed by atoms with Gasteiger partial charge < -0.3 is 15.4 Å². The molecule has 5 rings (SSSR count). The molecule has 4 nitrogen and oxygen atoms in total. The van der Waals surface area contributed by atoms with E-state index in [2.05, 4.69) is 10.6 Å². The topological polar surface area (TPSA) is 50.4 Å². The van der Waals surface area contributed by atoms with Crippen LogP contribution in [0.25, 0.3) is 0 Å². The van der Waals surface area contributed by atoms with Gasteiger partial charge >= 0.3 is 0 Å². The molecule has 0 aliphatic carbocycles. The molecule has 0 fully saturated rings. The molecule has 0 aromatic heterocycles. The summed E-state index contributed by atoms with van der Waals surface area (Å²) in [5.74, 6) is 0.938. The Balaban J connectivity index is 1.38. The van der Waals surface area contributed by atoms with Crippen LogP contribution in [0.1, 0.15) is 17.0 Å². The van der Waals surface area contributed by atoms with E-state index >= 15 is 0 Å². The first-order valence-corrected chi connectivity index (χ1v) is 9.87. The molecule has 4 aromatic rings. The van der Waals surface area contributed by atoms with Crippen LogP contribution in [0, 0.1) is 0 Å². The molecular formula is C26H20N2O2. The minimum atomic E-state index is -0.423. The SMILES string of the molecule is O=C(Nc1ccc(Nc2ccccc2)cc1)C1c2ccccc2Oc2ccccc21. The molecule has 146 valence electrons. The van der Waals surface area contributed by atoms with Crippen LogP contribution < -0.4 is 15.4 Å². The third-order valence-electron chi connectivity index (χ3n) is 5.16. The zero-order valence-corrected chi connectivity index (χ0v) is 16.2. The summed E-state index contributed by atoms with van der Waals surface area (Å²) in [6, 6.07) is 33.1.